The molecule has 0 fully saturated rings. The molecule has 3 unspecified atom stereocenters. The third kappa shape index (κ3) is 59.5. The van der Waals surface area contributed by atoms with Gasteiger partial charge in [-0.2, -0.15) is 0 Å². The average Bonchev–Trinajstić information content (AvgIpc) is 3.58. The average molecular weight is 1260 g/mol. The van der Waals surface area contributed by atoms with Gasteiger partial charge in [0.2, 0.25) is 0 Å². The Labute approximate surface area is 517 Å². The van der Waals surface area contributed by atoms with Crippen molar-refractivity contribution >= 4 is 39.5 Å². The fourth-order valence-corrected chi connectivity index (χ4v) is 11.5. The van der Waals surface area contributed by atoms with Gasteiger partial charge in [-0.25, -0.2) is 9.13 Å². The first kappa shape index (κ1) is 83.1. The minimum Gasteiger partial charge on any atom is -0.462 e. The predicted molar refractivity (Wildman–Crippen MR) is 340 cm³/mol. The molecule has 0 rings (SSSR count). The van der Waals surface area contributed by atoms with E-state index in [9.17, 15) is 43.2 Å². The summed E-state index contributed by atoms with van der Waals surface area (Å²) in [4.78, 5) is 72.3. The molecule has 0 heterocycles. The van der Waals surface area contributed by atoms with Crippen molar-refractivity contribution in [3.63, 3.8) is 0 Å². The molecule has 0 aliphatic carbocycles. The summed E-state index contributed by atoms with van der Waals surface area (Å²) in [7, 11) is -9.89. The Morgan fingerprint density at radius 2 is 0.565 bits per heavy atom. The van der Waals surface area contributed by atoms with Crippen LogP contribution >= 0.6 is 15.6 Å². The second-order valence-electron chi connectivity index (χ2n) is 24.1. The summed E-state index contributed by atoms with van der Waals surface area (Å²) >= 11 is 0. The van der Waals surface area contributed by atoms with E-state index in [2.05, 4.69) is 34.6 Å². The number of phosphoric ester groups is 2. The SMILES string of the molecule is CCCCCCCCCCCCCCC(=O)OC[C@H](COP(=O)(O)OC[C@@H](O)COP(=O)(O)OC[C@@H](COC(=O)CCCCCCCCCCC)OC(=O)CCCCCCCCCCCCCC)OC(=O)CCCCCCCCCCC(C)CC. The fourth-order valence-electron chi connectivity index (χ4n) is 9.90. The fraction of sp³-hybridized carbons (Fsp3) is 0.939. The molecule has 0 saturated heterocycles. The van der Waals surface area contributed by atoms with Crippen molar-refractivity contribution in [2.45, 2.75) is 355 Å². The molecule has 0 aromatic heterocycles. The van der Waals surface area contributed by atoms with Gasteiger partial charge in [0.25, 0.3) is 0 Å². The van der Waals surface area contributed by atoms with Gasteiger partial charge in [0.05, 0.1) is 26.4 Å². The second kappa shape index (κ2) is 59.7. The lowest BCUT2D eigenvalue weighted by Crippen LogP contribution is -2.30. The molecule has 0 amide bonds. The van der Waals surface area contributed by atoms with E-state index >= 15 is 0 Å². The van der Waals surface area contributed by atoms with E-state index < -0.39 is 97.5 Å². The van der Waals surface area contributed by atoms with Gasteiger partial charge in [-0.3, -0.25) is 37.3 Å². The molecule has 504 valence electrons. The van der Waals surface area contributed by atoms with Crippen LogP contribution in [0.3, 0.4) is 0 Å². The van der Waals surface area contributed by atoms with Crippen LogP contribution in [-0.4, -0.2) is 96.7 Å². The molecule has 6 atom stereocenters. The highest BCUT2D eigenvalue weighted by Gasteiger charge is 2.30. The van der Waals surface area contributed by atoms with Crippen molar-refractivity contribution in [2.24, 2.45) is 5.92 Å². The minimum atomic E-state index is -4.95. The standard InChI is InChI=1S/C66H128O17P2/c1-6-10-13-16-19-22-24-26-29-35-40-45-50-64(69)77-56-62(83-66(71)52-47-42-37-32-31-33-38-43-48-59(5)9-4)58-81-85(74,75)79-54-60(67)53-78-84(72,73)80-57-61(55-76-63(68)49-44-39-34-28-21-18-15-12-8-3)82-65(70)51-46-41-36-30-27-25-23-20-17-14-11-7-2/h59-62,67H,6-58H2,1-5H3,(H,72,73)(H,74,75)/t59?,60-,61+,62+/m0/s1. The van der Waals surface area contributed by atoms with Gasteiger partial charge in [-0.15, -0.1) is 0 Å². The van der Waals surface area contributed by atoms with Gasteiger partial charge >= 0.3 is 39.5 Å². The second-order valence-corrected chi connectivity index (χ2v) is 27.0. The van der Waals surface area contributed by atoms with Crippen LogP contribution in [0, 0.1) is 5.92 Å². The smallest absolute Gasteiger partial charge is 0.462 e. The minimum absolute atomic E-state index is 0.105. The summed E-state index contributed by atoms with van der Waals surface area (Å²) in [5, 5.41) is 10.6. The molecule has 3 N–H and O–H groups in total. The first-order valence-electron chi connectivity index (χ1n) is 34.7. The number of ether oxygens (including phenoxy) is 4. The molecule has 0 aliphatic rings. The maximum atomic E-state index is 13.0. The van der Waals surface area contributed by atoms with E-state index in [1.165, 1.54) is 161 Å². The van der Waals surface area contributed by atoms with E-state index in [0.29, 0.717) is 25.7 Å². The number of hydrogen-bond donors (Lipinski definition) is 3. The lowest BCUT2D eigenvalue weighted by molar-refractivity contribution is -0.161. The Kier molecular flexibility index (Phi) is 58.3. The number of unbranched alkanes of at least 4 members (excludes halogenated alkanes) is 37. The predicted octanol–water partition coefficient (Wildman–Crippen LogP) is 18.6. The normalized spacial score (nSPS) is 14.5. The molecular formula is C66H128O17P2. The zero-order valence-electron chi connectivity index (χ0n) is 54.7. The molecule has 0 bridgehead atoms. The van der Waals surface area contributed by atoms with Gasteiger partial charge in [0.15, 0.2) is 12.2 Å². The number of aliphatic hydroxyl groups excluding tert-OH is 1. The molecule has 0 aromatic rings. The first-order valence-corrected chi connectivity index (χ1v) is 37.7. The topological polar surface area (TPSA) is 237 Å². The third-order valence-corrected chi connectivity index (χ3v) is 17.5. The van der Waals surface area contributed by atoms with E-state index in [4.69, 9.17) is 37.0 Å². The van der Waals surface area contributed by atoms with Crippen LogP contribution in [0.1, 0.15) is 336 Å². The van der Waals surface area contributed by atoms with Crippen molar-refractivity contribution in [1.29, 1.82) is 0 Å². The molecule has 19 heteroatoms. The van der Waals surface area contributed by atoms with Crippen molar-refractivity contribution in [2.75, 3.05) is 39.6 Å². The van der Waals surface area contributed by atoms with Crippen molar-refractivity contribution in [1.82, 2.24) is 0 Å². The Bertz CT molecular complexity index is 1650. The summed E-state index contributed by atoms with van der Waals surface area (Å²) in [6.45, 7) is 7.20. The van der Waals surface area contributed by atoms with Gasteiger partial charge in [0.1, 0.15) is 19.3 Å². The van der Waals surface area contributed by atoms with Crippen LogP contribution in [0.25, 0.3) is 0 Å². The number of rotatable bonds is 66. The highest BCUT2D eigenvalue weighted by molar-refractivity contribution is 7.47. The highest BCUT2D eigenvalue weighted by Crippen LogP contribution is 2.45. The van der Waals surface area contributed by atoms with Gasteiger partial charge in [0, 0.05) is 25.7 Å². The highest BCUT2D eigenvalue weighted by atomic mass is 31.2. The number of hydrogen-bond acceptors (Lipinski definition) is 15. The summed E-state index contributed by atoms with van der Waals surface area (Å²) in [5.74, 6) is -1.36. The maximum Gasteiger partial charge on any atom is 0.472 e. The van der Waals surface area contributed by atoms with Crippen LogP contribution in [-0.2, 0) is 65.4 Å². The molecular weight excluding hydrogens is 1130 g/mol. The molecule has 0 aliphatic heterocycles. The largest absolute Gasteiger partial charge is 0.472 e. The van der Waals surface area contributed by atoms with Crippen LogP contribution in [0.4, 0.5) is 0 Å². The Balaban J connectivity index is 5.24. The van der Waals surface area contributed by atoms with E-state index in [1.54, 1.807) is 0 Å². The summed E-state index contributed by atoms with van der Waals surface area (Å²) < 4.78 is 68.1. The van der Waals surface area contributed by atoms with Gasteiger partial charge < -0.3 is 33.8 Å². The number of phosphoric acid groups is 2. The zero-order valence-corrected chi connectivity index (χ0v) is 56.5. The first-order chi connectivity index (χ1) is 41.1. The third-order valence-electron chi connectivity index (χ3n) is 15.6. The quantitative estimate of drug-likeness (QED) is 0.0222. The Hall–Kier alpha value is -1.94. The zero-order chi connectivity index (χ0) is 62.8. The van der Waals surface area contributed by atoms with Crippen LogP contribution in [0.5, 0.6) is 0 Å². The van der Waals surface area contributed by atoms with E-state index in [-0.39, 0.29) is 25.7 Å². The molecule has 0 radical (unpaired) electrons. The Morgan fingerprint density at radius 1 is 0.329 bits per heavy atom. The van der Waals surface area contributed by atoms with Gasteiger partial charge in [-0.1, -0.05) is 285 Å². The summed E-state index contributed by atoms with van der Waals surface area (Å²) in [6, 6.07) is 0. The number of carbonyl (C=O) groups is 4. The van der Waals surface area contributed by atoms with Gasteiger partial charge in [-0.05, 0) is 31.6 Å². The Morgan fingerprint density at radius 3 is 0.835 bits per heavy atom. The number of carbonyl (C=O) groups excluding carboxylic acids is 4. The number of esters is 4. The van der Waals surface area contributed by atoms with Crippen molar-refractivity contribution in [3.8, 4) is 0 Å². The maximum absolute atomic E-state index is 13.0. The van der Waals surface area contributed by atoms with Crippen molar-refractivity contribution < 1.29 is 80.2 Å². The molecule has 0 aromatic carbocycles. The molecule has 17 nitrogen and oxygen atoms in total. The van der Waals surface area contributed by atoms with Crippen LogP contribution in [0.15, 0.2) is 0 Å². The lowest BCUT2D eigenvalue weighted by Gasteiger charge is -2.21. The summed E-state index contributed by atoms with van der Waals surface area (Å²) in [6.07, 6.45) is 44.2. The van der Waals surface area contributed by atoms with E-state index in [1.807, 2.05) is 0 Å². The molecule has 0 spiro atoms. The lowest BCUT2D eigenvalue weighted by atomic mass is 9.99. The summed E-state index contributed by atoms with van der Waals surface area (Å²) in [5.41, 5.74) is 0. The van der Waals surface area contributed by atoms with E-state index in [0.717, 1.165) is 95.8 Å². The molecule has 0 saturated carbocycles. The van der Waals surface area contributed by atoms with Crippen LogP contribution in [0.2, 0.25) is 0 Å². The van der Waals surface area contributed by atoms with Crippen LogP contribution < -0.4 is 0 Å². The monoisotopic (exact) mass is 1250 g/mol. The number of aliphatic hydroxyl groups is 1. The van der Waals surface area contributed by atoms with Crippen molar-refractivity contribution in [3.05, 3.63) is 0 Å². The molecule has 85 heavy (non-hydrogen) atoms.